The van der Waals surface area contributed by atoms with Crippen LogP contribution in [0.15, 0.2) is 12.4 Å². The molecule has 1 aromatic rings. The standard InChI is InChI=1S/C13H19ClN4O/c14-7-11-8-15-9-13(16-11)18-2-1-12(10-18)17-3-5-19-6-4-17/h8-9,12H,1-7,10H2. The van der Waals surface area contributed by atoms with Gasteiger partial charge in [0.05, 0.1) is 31.0 Å². The third-order valence-electron chi connectivity index (χ3n) is 3.86. The Labute approximate surface area is 118 Å². The number of rotatable bonds is 3. The SMILES string of the molecule is ClCc1cncc(N2CCC(N3CCOCC3)C2)n1. The van der Waals surface area contributed by atoms with Crippen molar-refractivity contribution in [3.63, 3.8) is 0 Å². The maximum Gasteiger partial charge on any atom is 0.147 e. The molecule has 0 amide bonds. The Hall–Kier alpha value is -0.910. The summed E-state index contributed by atoms with van der Waals surface area (Å²) in [6.07, 6.45) is 4.75. The van der Waals surface area contributed by atoms with Gasteiger partial charge in [-0.3, -0.25) is 9.88 Å². The topological polar surface area (TPSA) is 41.5 Å². The summed E-state index contributed by atoms with van der Waals surface area (Å²) in [5.41, 5.74) is 0.842. The molecule has 0 aliphatic carbocycles. The molecule has 0 spiro atoms. The highest BCUT2D eigenvalue weighted by Crippen LogP contribution is 2.21. The van der Waals surface area contributed by atoms with E-state index in [-0.39, 0.29) is 0 Å². The lowest BCUT2D eigenvalue weighted by molar-refractivity contribution is 0.0209. The second-order valence-corrected chi connectivity index (χ2v) is 5.31. The number of hydrogen-bond acceptors (Lipinski definition) is 5. The Bertz CT molecular complexity index is 425. The quantitative estimate of drug-likeness (QED) is 0.778. The predicted octanol–water partition coefficient (Wildman–Crippen LogP) is 1.13. The van der Waals surface area contributed by atoms with Crippen molar-refractivity contribution >= 4 is 17.4 Å². The molecule has 2 aliphatic rings. The van der Waals surface area contributed by atoms with Crippen molar-refractivity contribution in [1.29, 1.82) is 0 Å². The van der Waals surface area contributed by atoms with E-state index in [9.17, 15) is 0 Å². The molecule has 0 bridgehead atoms. The summed E-state index contributed by atoms with van der Waals surface area (Å²) < 4.78 is 5.41. The fraction of sp³-hybridized carbons (Fsp3) is 0.692. The molecular weight excluding hydrogens is 264 g/mol. The summed E-state index contributed by atoms with van der Waals surface area (Å²) in [7, 11) is 0. The van der Waals surface area contributed by atoms with E-state index in [1.807, 2.05) is 6.20 Å². The summed E-state index contributed by atoms with van der Waals surface area (Å²) in [4.78, 5) is 13.6. The molecule has 104 valence electrons. The minimum atomic E-state index is 0.418. The van der Waals surface area contributed by atoms with E-state index in [1.54, 1.807) is 6.20 Å². The average Bonchev–Trinajstić information content (AvgIpc) is 2.98. The molecule has 3 rings (SSSR count). The highest BCUT2D eigenvalue weighted by molar-refractivity contribution is 6.16. The second kappa shape index (κ2) is 6.03. The highest BCUT2D eigenvalue weighted by atomic mass is 35.5. The van der Waals surface area contributed by atoms with Crippen LogP contribution < -0.4 is 4.90 Å². The van der Waals surface area contributed by atoms with Gasteiger partial charge < -0.3 is 9.64 Å². The van der Waals surface area contributed by atoms with Crippen LogP contribution in [0.2, 0.25) is 0 Å². The zero-order valence-corrected chi connectivity index (χ0v) is 11.7. The first-order chi connectivity index (χ1) is 9.36. The van der Waals surface area contributed by atoms with Gasteiger partial charge in [0.15, 0.2) is 0 Å². The van der Waals surface area contributed by atoms with Crippen LogP contribution in [0.25, 0.3) is 0 Å². The van der Waals surface area contributed by atoms with Gasteiger partial charge >= 0.3 is 0 Å². The maximum atomic E-state index is 5.81. The van der Waals surface area contributed by atoms with Crippen LogP contribution in [-0.2, 0) is 10.6 Å². The van der Waals surface area contributed by atoms with E-state index in [0.717, 1.165) is 50.9 Å². The molecule has 0 aromatic carbocycles. The number of halogens is 1. The van der Waals surface area contributed by atoms with E-state index in [4.69, 9.17) is 16.3 Å². The van der Waals surface area contributed by atoms with Gasteiger partial charge in [0.25, 0.3) is 0 Å². The Balaban J connectivity index is 1.64. The number of aromatic nitrogens is 2. The highest BCUT2D eigenvalue weighted by Gasteiger charge is 2.29. The fourth-order valence-corrected chi connectivity index (χ4v) is 2.93. The fourth-order valence-electron chi connectivity index (χ4n) is 2.80. The maximum absolute atomic E-state index is 5.81. The van der Waals surface area contributed by atoms with Gasteiger partial charge in [-0.1, -0.05) is 0 Å². The van der Waals surface area contributed by atoms with E-state index in [0.29, 0.717) is 11.9 Å². The van der Waals surface area contributed by atoms with Gasteiger partial charge in [0.2, 0.25) is 0 Å². The van der Waals surface area contributed by atoms with E-state index >= 15 is 0 Å². The molecule has 2 fully saturated rings. The number of hydrogen-bond donors (Lipinski definition) is 0. The average molecular weight is 283 g/mol. The second-order valence-electron chi connectivity index (χ2n) is 5.04. The first kappa shape index (κ1) is 13.1. The molecule has 3 heterocycles. The van der Waals surface area contributed by atoms with E-state index in [2.05, 4.69) is 19.8 Å². The lowest BCUT2D eigenvalue weighted by Gasteiger charge is -2.32. The van der Waals surface area contributed by atoms with Crippen molar-refractivity contribution in [2.45, 2.75) is 18.3 Å². The van der Waals surface area contributed by atoms with Crippen molar-refractivity contribution < 1.29 is 4.74 Å². The van der Waals surface area contributed by atoms with Gasteiger partial charge in [0.1, 0.15) is 5.82 Å². The first-order valence-electron chi connectivity index (χ1n) is 6.80. The molecule has 0 radical (unpaired) electrons. The minimum Gasteiger partial charge on any atom is -0.379 e. The molecule has 2 saturated heterocycles. The summed E-state index contributed by atoms with van der Waals surface area (Å²) in [5, 5.41) is 0. The van der Waals surface area contributed by atoms with Crippen molar-refractivity contribution in [2.24, 2.45) is 0 Å². The van der Waals surface area contributed by atoms with Crippen molar-refractivity contribution in [2.75, 3.05) is 44.3 Å². The Morgan fingerprint density at radius 1 is 1.26 bits per heavy atom. The number of ether oxygens (including phenoxy) is 1. The van der Waals surface area contributed by atoms with Gasteiger partial charge in [-0.05, 0) is 6.42 Å². The molecule has 1 unspecified atom stereocenters. The third-order valence-corrected chi connectivity index (χ3v) is 4.13. The minimum absolute atomic E-state index is 0.418. The Morgan fingerprint density at radius 3 is 2.89 bits per heavy atom. The lowest BCUT2D eigenvalue weighted by Crippen LogP contribution is -2.44. The molecular formula is C13H19ClN4O. The molecule has 5 nitrogen and oxygen atoms in total. The van der Waals surface area contributed by atoms with Crippen molar-refractivity contribution in [3.8, 4) is 0 Å². The van der Waals surface area contributed by atoms with Crippen LogP contribution >= 0.6 is 11.6 Å². The molecule has 0 N–H and O–H groups in total. The van der Waals surface area contributed by atoms with Gasteiger partial charge in [-0.2, -0.15) is 0 Å². The van der Waals surface area contributed by atoms with Gasteiger partial charge in [0, 0.05) is 38.4 Å². The molecule has 0 saturated carbocycles. The molecule has 6 heteroatoms. The molecule has 1 atom stereocenters. The van der Waals surface area contributed by atoms with Crippen molar-refractivity contribution in [3.05, 3.63) is 18.1 Å². The van der Waals surface area contributed by atoms with Crippen LogP contribution in [0.1, 0.15) is 12.1 Å². The monoisotopic (exact) mass is 282 g/mol. The molecule has 2 aliphatic heterocycles. The summed E-state index contributed by atoms with van der Waals surface area (Å²) >= 11 is 5.81. The molecule has 1 aromatic heterocycles. The van der Waals surface area contributed by atoms with Crippen LogP contribution in [0, 0.1) is 0 Å². The van der Waals surface area contributed by atoms with Gasteiger partial charge in [-0.25, -0.2) is 4.98 Å². The number of nitrogens with zero attached hydrogens (tertiary/aromatic N) is 4. The summed E-state index contributed by atoms with van der Waals surface area (Å²) in [5.74, 6) is 1.37. The number of anilines is 1. The zero-order valence-electron chi connectivity index (χ0n) is 11.0. The lowest BCUT2D eigenvalue weighted by atomic mass is 10.2. The zero-order chi connectivity index (χ0) is 13.1. The molecule has 19 heavy (non-hydrogen) atoms. The Kier molecular flexibility index (Phi) is 4.15. The van der Waals surface area contributed by atoms with Crippen molar-refractivity contribution in [1.82, 2.24) is 14.9 Å². The first-order valence-corrected chi connectivity index (χ1v) is 7.34. The smallest absolute Gasteiger partial charge is 0.147 e. The van der Waals surface area contributed by atoms with Crippen LogP contribution in [0.5, 0.6) is 0 Å². The van der Waals surface area contributed by atoms with E-state index in [1.165, 1.54) is 6.42 Å². The summed E-state index contributed by atoms with van der Waals surface area (Å²) in [6, 6.07) is 0.616. The Morgan fingerprint density at radius 2 is 2.11 bits per heavy atom. The van der Waals surface area contributed by atoms with E-state index < -0.39 is 0 Å². The predicted molar refractivity (Wildman–Crippen MR) is 74.6 cm³/mol. The third kappa shape index (κ3) is 2.99. The van der Waals surface area contributed by atoms with Crippen LogP contribution in [0.4, 0.5) is 5.82 Å². The number of alkyl halides is 1. The van der Waals surface area contributed by atoms with Crippen LogP contribution in [0.3, 0.4) is 0 Å². The number of morpholine rings is 1. The normalized spacial score (nSPS) is 24.9. The largest absolute Gasteiger partial charge is 0.379 e. The van der Waals surface area contributed by atoms with Gasteiger partial charge in [-0.15, -0.1) is 11.6 Å². The van der Waals surface area contributed by atoms with Crippen LogP contribution in [-0.4, -0.2) is 60.3 Å². The summed E-state index contributed by atoms with van der Waals surface area (Å²) in [6.45, 7) is 5.89.